The molecule has 0 aromatic carbocycles. The highest BCUT2D eigenvalue weighted by atomic mass is 32.1. The standard InChI is InChI=1S/C16H13N5OS/c22-16-14-10-4-3-5-11(10)23-15(14)17-9-20(16)8-13-19-18-12-6-1-2-7-21(12)13/h1-2,6-7,9H,3-5,8H2. The van der Waals surface area contributed by atoms with Crippen molar-refractivity contribution in [3.8, 4) is 0 Å². The van der Waals surface area contributed by atoms with Gasteiger partial charge in [-0.25, -0.2) is 4.98 Å². The number of pyridine rings is 1. The molecule has 7 heteroatoms. The summed E-state index contributed by atoms with van der Waals surface area (Å²) in [5, 5.41) is 9.14. The summed E-state index contributed by atoms with van der Waals surface area (Å²) in [7, 11) is 0. The van der Waals surface area contributed by atoms with Crippen LogP contribution in [0.1, 0.15) is 22.7 Å². The maximum atomic E-state index is 12.9. The van der Waals surface area contributed by atoms with Crippen molar-refractivity contribution < 1.29 is 0 Å². The normalized spacial score (nSPS) is 13.9. The molecule has 0 atom stereocenters. The molecule has 0 aliphatic heterocycles. The highest BCUT2D eigenvalue weighted by Gasteiger charge is 2.21. The molecule has 6 nitrogen and oxygen atoms in total. The van der Waals surface area contributed by atoms with Gasteiger partial charge in [0, 0.05) is 11.1 Å². The van der Waals surface area contributed by atoms with Crippen LogP contribution in [0, 0.1) is 0 Å². The van der Waals surface area contributed by atoms with Gasteiger partial charge in [-0.2, -0.15) is 0 Å². The maximum Gasteiger partial charge on any atom is 0.262 e. The van der Waals surface area contributed by atoms with Crippen LogP contribution >= 0.6 is 11.3 Å². The number of aryl methyl sites for hydroxylation is 2. The third kappa shape index (κ3) is 1.86. The summed E-state index contributed by atoms with van der Waals surface area (Å²) in [4.78, 5) is 19.6. The summed E-state index contributed by atoms with van der Waals surface area (Å²) in [5.74, 6) is 0.732. The second-order valence-corrected chi connectivity index (χ2v) is 6.84. The third-order valence-electron chi connectivity index (χ3n) is 4.39. The quantitative estimate of drug-likeness (QED) is 0.566. The molecule has 0 radical (unpaired) electrons. The van der Waals surface area contributed by atoms with Crippen molar-refractivity contribution in [3.63, 3.8) is 0 Å². The third-order valence-corrected chi connectivity index (χ3v) is 5.59. The molecule has 0 spiro atoms. The predicted octanol–water partition coefficient (Wildman–Crippen LogP) is 2.04. The van der Waals surface area contributed by atoms with Crippen molar-refractivity contribution in [1.29, 1.82) is 0 Å². The van der Waals surface area contributed by atoms with Gasteiger partial charge in [0.25, 0.3) is 5.56 Å². The first-order valence-electron chi connectivity index (χ1n) is 7.59. The van der Waals surface area contributed by atoms with Crippen LogP contribution in [0.2, 0.25) is 0 Å². The Labute approximate surface area is 135 Å². The van der Waals surface area contributed by atoms with Gasteiger partial charge in [-0.05, 0) is 37.0 Å². The number of rotatable bonds is 2. The number of fused-ring (bicyclic) bond motifs is 4. The van der Waals surface area contributed by atoms with E-state index in [1.165, 1.54) is 10.4 Å². The van der Waals surface area contributed by atoms with Gasteiger partial charge in [-0.3, -0.25) is 13.8 Å². The van der Waals surface area contributed by atoms with Gasteiger partial charge in [-0.1, -0.05) is 6.07 Å². The van der Waals surface area contributed by atoms with Crippen molar-refractivity contribution >= 4 is 27.2 Å². The molecule has 0 fully saturated rings. The van der Waals surface area contributed by atoms with Gasteiger partial charge in [0.2, 0.25) is 0 Å². The SMILES string of the molecule is O=c1c2c3c(sc2ncn1Cc1nnc2ccccn12)CCC3. The van der Waals surface area contributed by atoms with E-state index in [9.17, 15) is 4.79 Å². The van der Waals surface area contributed by atoms with Crippen LogP contribution in [0.25, 0.3) is 15.9 Å². The number of nitrogens with zero attached hydrogens (tertiary/aromatic N) is 5. The monoisotopic (exact) mass is 323 g/mol. The highest BCUT2D eigenvalue weighted by molar-refractivity contribution is 7.18. The fraction of sp³-hybridized carbons (Fsp3) is 0.250. The molecular weight excluding hydrogens is 310 g/mol. The fourth-order valence-electron chi connectivity index (χ4n) is 3.28. The Balaban J connectivity index is 1.66. The zero-order chi connectivity index (χ0) is 15.4. The summed E-state index contributed by atoms with van der Waals surface area (Å²) in [5.41, 5.74) is 2.02. The average molecular weight is 323 g/mol. The van der Waals surface area contributed by atoms with Crippen molar-refractivity contribution in [1.82, 2.24) is 24.1 Å². The van der Waals surface area contributed by atoms with E-state index >= 15 is 0 Å². The van der Waals surface area contributed by atoms with Gasteiger partial charge < -0.3 is 0 Å². The molecule has 1 aliphatic rings. The van der Waals surface area contributed by atoms with Crippen LogP contribution in [0.5, 0.6) is 0 Å². The lowest BCUT2D eigenvalue weighted by molar-refractivity contribution is 0.698. The summed E-state index contributed by atoms with van der Waals surface area (Å²) >= 11 is 1.66. The second-order valence-electron chi connectivity index (χ2n) is 5.76. The molecule has 0 N–H and O–H groups in total. The molecule has 23 heavy (non-hydrogen) atoms. The molecule has 114 valence electrons. The van der Waals surface area contributed by atoms with Crippen LogP contribution < -0.4 is 5.56 Å². The molecule has 0 unspecified atom stereocenters. The minimum atomic E-state index is 0.0297. The summed E-state index contributed by atoms with van der Waals surface area (Å²) < 4.78 is 3.53. The largest absolute Gasteiger partial charge is 0.291 e. The molecule has 0 saturated heterocycles. The van der Waals surface area contributed by atoms with Crippen molar-refractivity contribution in [2.45, 2.75) is 25.8 Å². The van der Waals surface area contributed by atoms with E-state index in [1.54, 1.807) is 22.2 Å². The van der Waals surface area contributed by atoms with Crippen LogP contribution in [0.3, 0.4) is 0 Å². The zero-order valence-electron chi connectivity index (χ0n) is 12.3. The van der Waals surface area contributed by atoms with Crippen molar-refractivity contribution in [2.24, 2.45) is 0 Å². The minimum absolute atomic E-state index is 0.0297. The summed E-state index contributed by atoms with van der Waals surface area (Å²) in [6.07, 6.45) is 6.74. The Bertz CT molecular complexity index is 1110. The minimum Gasteiger partial charge on any atom is -0.291 e. The molecule has 5 rings (SSSR count). The molecule has 4 aromatic heterocycles. The predicted molar refractivity (Wildman–Crippen MR) is 88.0 cm³/mol. The number of hydrogen-bond acceptors (Lipinski definition) is 5. The fourth-order valence-corrected chi connectivity index (χ4v) is 4.50. The van der Waals surface area contributed by atoms with E-state index in [4.69, 9.17) is 0 Å². The van der Waals surface area contributed by atoms with Gasteiger partial charge in [-0.15, -0.1) is 21.5 Å². The highest BCUT2D eigenvalue weighted by Crippen LogP contribution is 2.34. The van der Waals surface area contributed by atoms with Gasteiger partial charge in [0.05, 0.1) is 18.3 Å². The van der Waals surface area contributed by atoms with E-state index in [1.807, 2.05) is 28.8 Å². The van der Waals surface area contributed by atoms with E-state index in [0.29, 0.717) is 6.54 Å². The van der Waals surface area contributed by atoms with E-state index in [0.717, 1.165) is 41.0 Å². The Morgan fingerprint density at radius 2 is 2.17 bits per heavy atom. The first-order chi connectivity index (χ1) is 11.3. The first-order valence-corrected chi connectivity index (χ1v) is 8.41. The van der Waals surface area contributed by atoms with Crippen molar-refractivity contribution in [3.05, 3.63) is 57.3 Å². The van der Waals surface area contributed by atoms with Gasteiger partial charge in [0.15, 0.2) is 11.5 Å². The van der Waals surface area contributed by atoms with E-state index in [-0.39, 0.29) is 5.56 Å². The Morgan fingerprint density at radius 1 is 1.22 bits per heavy atom. The maximum absolute atomic E-state index is 12.9. The molecule has 0 saturated carbocycles. The first kappa shape index (κ1) is 13.0. The number of thiophene rings is 1. The average Bonchev–Trinajstić information content (AvgIpc) is 3.24. The van der Waals surface area contributed by atoms with E-state index in [2.05, 4.69) is 15.2 Å². The summed E-state index contributed by atoms with van der Waals surface area (Å²) in [6.45, 7) is 0.373. The smallest absolute Gasteiger partial charge is 0.262 e. The second kappa shape index (κ2) is 4.73. The molecule has 1 aliphatic carbocycles. The number of hydrogen-bond donors (Lipinski definition) is 0. The van der Waals surface area contributed by atoms with Crippen LogP contribution in [0.4, 0.5) is 0 Å². The molecule has 4 aromatic rings. The lowest BCUT2D eigenvalue weighted by Gasteiger charge is -2.04. The molecule has 0 amide bonds. The Hall–Kier alpha value is -2.54. The van der Waals surface area contributed by atoms with E-state index < -0.39 is 0 Å². The van der Waals surface area contributed by atoms with Gasteiger partial charge in [0.1, 0.15) is 4.83 Å². The lowest BCUT2D eigenvalue weighted by atomic mass is 10.2. The Morgan fingerprint density at radius 3 is 3.13 bits per heavy atom. The zero-order valence-corrected chi connectivity index (χ0v) is 13.1. The van der Waals surface area contributed by atoms with Crippen LogP contribution in [0.15, 0.2) is 35.5 Å². The number of aromatic nitrogens is 5. The topological polar surface area (TPSA) is 65.1 Å². The Kier molecular flexibility index (Phi) is 2.66. The van der Waals surface area contributed by atoms with Crippen LogP contribution in [-0.2, 0) is 19.4 Å². The molecule has 4 heterocycles. The molecular formula is C16H13N5OS. The van der Waals surface area contributed by atoms with Gasteiger partial charge >= 0.3 is 0 Å². The summed E-state index contributed by atoms with van der Waals surface area (Å²) in [6, 6.07) is 5.74. The lowest BCUT2D eigenvalue weighted by Crippen LogP contribution is -2.22. The molecule has 0 bridgehead atoms. The van der Waals surface area contributed by atoms with Crippen LogP contribution in [-0.4, -0.2) is 24.1 Å². The van der Waals surface area contributed by atoms with Crippen molar-refractivity contribution in [2.75, 3.05) is 0 Å².